The van der Waals surface area contributed by atoms with E-state index in [9.17, 15) is 9.59 Å². The fourth-order valence-corrected chi connectivity index (χ4v) is 1.67. The van der Waals surface area contributed by atoms with Crippen molar-refractivity contribution in [3.05, 3.63) is 21.5 Å². The van der Waals surface area contributed by atoms with Gasteiger partial charge in [0.25, 0.3) is 0 Å². The van der Waals surface area contributed by atoms with E-state index in [0.29, 0.717) is 3.70 Å². The summed E-state index contributed by atoms with van der Waals surface area (Å²) in [6.45, 7) is 5.25. The maximum absolute atomic E-state index is 11.7. The summed E-state index contributed by atoms with van der Waals surface area (Å²) in [5.41, 5.74) is -0.138. The summed E-state index contributed by atoms with van der Waals surface area (Å²) in [5, 5.41) is 2.48. The fourth-order valence-electron chi connectivity index (χ4n) is 1.22. The van der Waals surface area contributed by atoms with Crippen molar-refractivity contribution >= 4 is 40.3 Å². The second-order valence-electron chi connectivity index (χ2n) is 4.67. The van der Waals surface area contributed by atoms with Crippen LogP contribution in [0.15, 0.2) is 12.3 Å². The fraction of sp³-hybridized carbons (Fsp3) is 0.417. The van der Waals surface area contributed by atoms with Crippen LogP contribution in [-0.2, 0) is 9.47 Å². The van der Waals surface area contributed by atoms with Gasteiger partial charge < -0.3 is 9.47 Å². The number of hydrogen-bond donors (Lipinski definition) is 1. The van der Waals surface area contributed by atoms with Gasteiger partial charge in [-0.05, 0) is 49.4 Å². The standard InChI is InChI=1S/C12H15IN2O4/c1-12(2,3)19-11(17)15-8-6-14-9(13)5-7(8)10(16)18-4/h5-6H,1-4H3,(H,15,17). The Kier molecular flexibility index (Phi) is 5.10. The number of nitrogens with zero attached hydrogens (tertiary/aromatic N) is 1. The minimum absolute atomic E-state index is 0.229. The number of carbonyl (C=O) groups excluding carboxylic acids is 2. The van der Waals surface area contributed by atoms with E-state index in [2.05, 4.69) is 15.0 Å². The first kappa shape index (κ1) is 15.7. The molecule has 0 aliphatic heterocycles. The lowest BCUT2D eigenvalue weighted by atomic mass is 10.2. The van der Waals surface area contributed by atoms with Crippen molar-refractivity contribution in [3.8, 4) is 0 Å². The molecule has 6 nitrogen and oxygen atoms in total. The number of ether oxygens (including phenoxy) is 2. The number of anilines is 1. The first-order valence-electron chi connectivity index (χ1n) is 5.47. The van der Waals surface area contributed by atoms with Crippen molar-refractivity contribution in [1.82, 2.24) is 4.98 Å². The topological polar surface area (TPSA) is 77.5 Å². The summed E-state index contributed by atoms with van der Waals surface area (Å²) in [5.74, 6) is -0.550. The number of amides is 1. The predicted octanol–water partition coefficient (Wildman–Crippen LogP) is 2.82. The van der Waals surface area contributed by atoms with Gasteiger partial charge in [-0.3, -0.25) is 5.32 Å². The molecule has 104 valence electrons. The van der Waals surface area contributed by atoms with Gasteiger partial charge in [0.15, 0.2) is 0 Å². The number of rotatable bonds is 2. The number of carbonyl (C=O) groups is 2. The number of halogens is 1. The van der Waals surface area contributed by atoms with Gasteiger partial charge in [0.1, 0.15) is 9.30 Å². The van der Waals surface area contributed by atoms with Crippen LogP contribution in [0.5, 0.6) is 0 Å². The number of nitrogens with one attached hydrogen (secondary N) is 1. The number of esters is 1. The Morgan fingerprint density at radius 1 is 1.37 bits per heavy atom. The molecule has 1 aromatic heterocycles. The summed E-state index contributed by atoms with van der Waals surface area (Å²) >= 11 is 1.96. The Balaban J connectivity index is 2.95. The molecule has 0 aromatic carbocycles. The molecule has 19 heavy (non-hydrogen) atoms. The van der Waals surface area contributed by atoms with Crippen molar-refractivity contribution in [3.63, 3.8) is 0 Å². The highest BCUT2D eigenvalue weighted by atomic mass is 127. The van der Waals surface area contributed by atoms with Crippen molar-refractivity contribution in [2.24, 2.45) is 0 Å². The molecule has 0 radical (unpaired) electrons. The molecule has 7 heteroatoms. The highest BCUT2D eigenvalue weighted by Crippen LogP contribution is 2.19. The van der Waals surface area contributed by atoms with E-state index < -0.39 is 17.7 Å². The van der Waals surface area contributed by atoms with E-state index in [-0.39, 0.29) is 11.3 Å². The molecule has 1 rings (SSSR count). The molecule has 0 atom stereocenters. The van der Waals surface area contributed by atoms with Crippen LogP contribution in [0.1, 0.15) is 31.1 Å². The van der Waals surface area contributed by atoms with Gasteiger partial charge >= 0.3 is 12.1 Å². The summed E-state index contributed by atoms with van der Waals surface area (Å²) in [6, 6.07) is 1.53. The third kappa shape index (κ3) is 5.01. The van der Waals surface area contributed by atoms with Gasteiger partial charge in [0.05, 0.1) is 24.6 Å². The zero-order valence-electron chi connectivity index (χ0n) is 11.1. The van der Waals surface area contributed by atoms with Crippen molar-refractivity contribution in [2.75, 3.05) is 12.4 Å². The van der Waals surface area contributed by atoms with E-state index in [0.717, 1.165) is 0 Å². The van der Waals surface area contributed by atoms with Crippen LogP contribution in [-0.4, -0.2) is 29.8 Å². The van der Waals surface area contributed by atoms with Crippen molar-refractivity contribution < 1.29 is 19.1 Å². The van der Waals surface area contributed by atoms with Crippen LogP contribution in [0.25, 0.3) is 0 Å². The third-order valence-corrected chi connectivity index (χ3v) is 2.50. The normalized spacial score (nSPS) is 10.8. The Hall–Kier alpha value is -1.38. The molecule has 1 amide bonds. The SMILES string of the molecule is COC(=O)c1cc(I)ncc1NC(=O)OC(C)(C)C. The van der Waals surface area contributed by atoms with Crippen LogP contribution >= 0.6 is 22.6 Å². The van der Waals surface area contributed by atoms with Crippen LogP contribution < -0.4 is 5.32 Å². The lowest BCUT2D eigenvalue weighted by Gasteiger charge is -2.20. The maximum Gasteiger partial charge on any atom is 0.412 e. The first-order chi connectivity index (χ1) is 8.73. The molecule has 1 heterocycles. The van der Waals surface area contributed by atoms with Crippen LogP contribution in [0, 0.1) is 3.70 Å². The molecule has 0 saturated heterocycles. The maximum atomic E-state index is 11.7. The zero-order valence-corrected chi connectivity index (χ0v) is 13.3. The Morgan fingerprint density at radius 3 is 2.53 bits per heavy atom. The van der Waals surface area contributed by atoms with Gasteiger partial charge in [-0.1, -0.05) is 0 Å². The lowest BCUT2D eigenvalue weighted by Crippen LogP contribution is -2.28. The third-order valence-electron chi connectivity index (χ3n) is 1.91. The Morgan fingerprint density at radius 2 is 2.00 bits per heavy atom. The van der Waals surface area contributed by atoms with E-state index in [1.165, 1.54) is 19.4 Å². The Labute approximate surface area is 125 Å². The lowest BCUT2D eigenvalue weighted by molar-refractivity contribution is 0.0601. The Bertz CT molecular complexity index is 497. The van der Waals surface area contributed by atoms with E-state index in [1.807, 2.05) is 22.6 Å². The molecule has 0 bridgehead atoms. The summed E-state index contributed by atoms with van der Waals surface area (Å²) in [4.78, 5) is 27.3. The summed E-state index contributed by atoms with van der Waals surface area (Å²) < 4.78 is 10.4. The van der Waals surface area contributed by atoms with Gasteiger partial charge in [-0.15, -0.1) is 0 Å². The largest absolute Gasteiger partial charge is 0.465 e. The molecular formula is C12H15IN2O4. The highest BCUT2D eigenvalue weighted by Gasteiger charge is 2.19. The number of hydrogen-bond acceptors (Lipinski definition) is 5. The molecule has 0 aliphatic carbocycles. The highest BCUT2D eigenvalue weighted by molar-refractivity contribution is 14.1. The quantitative estimate of drug-likeness (QED) is 0.487. The van der Waals surface area contributed by atoms with E-state index in [4.69, 9.17) is 4.74 Å². The molecule has 1 N–H and O–H groups in total. The molecule has 0 spiro atoms. The van der Waals surface area contributed by atoms with Gasteiger partial charge in [0.2, 0.25) is 0 Å². The van der Waals surface area contributed by atoms with Crippen LogP contribution in [0.4, 0.5) is 10.5 Å². The van der Waals surface area contributed by atoms with Crippen LogP contribution in [0.3, 0.4) is 0 Å². The molecule has 0 fully saturated rings. The molecule has 0 saturated carbocycles. The second-order valence-corrected chi connectivity index (χ2v) is 5.78. The van der Waals surface area contributed by atoms with Crippen LogP contribution in [0.2, 0.25) is 0 Å². The molecule has 1 aromatic rings. The van der Waals surface area contributed by atoms with Crippen molar-refractivity contribution in [1.29, 1.82) is 0 Å². The minimum Gasteiger partial charge on any atom is -0.465 e. The molecule has 0 aliphatic rings. The molecular weight excluding hydrogens is 363 g/mol. The first-order valence-corrected chi connectivity index (χ1v) is 6.54. The van der Waals surface area contributed by atoms with Gasteiger partial charge in [0, 0.05) is 0 Å². The average molecular weight is 378 g/mol. The van der Waals surface area contributed by atoms with Gasteiger partial charge in [-0.25, -0.2) is 14.6 Å². The summed E-state index contributed by atoms with van der Waals surface area (Å²) in [6.07, 6.45) is 0.735. The summed E-state index contributed by atoms with van der Waals surface area (Å²) in [7, 11) is 1.27. The zero-order chi connectivity index (χ0) is 14.6. The smallest absolute Gasteiger partial charge is 0.412 e. The number of pyridine rings is 1. The molecule has 0 unspecified atom stereocenters. The second kappa shape index (κ2) is 6.18. The van der Waals surface area contributed by atoms with E-state index >= 15 is 0 Å². The predicted molar refractivity (Wildman–Crippen MR) is 78.2 cm³/mol. The monoisotopic (exact) mass is 378 g/mol. The van der Waals surface area contributed by atoms with Gasteiger partial charge in [-0.2, -0.15) is 0 Å². The van der Waals surface area contributed by atoms with Crippen molar-refractivity contribution in [2.45, 2.75) is 26.4 Å². The average Bonchev–Trinajstić information content (AvgIpc) is 2.28. The minimum atomic E-state index is -0.652. The number of aromatic nitrogens is 1. The number of methoxy groups -OCH3 is 1. The van der Waals surface area contributed by atoms with E-state index in [1.54, 1.807) is 20.8 Å².